The van der Waals surface area contributed by atoms with Crippen LogP contribution in [-0.4, -0.2) is 84.7 Å². The molecule has 0 spiro atoms. The Morgan fingerprint density at radius 3 is 2.04 bits per heavy atom. The molecule has 2 aliphatic rings. The molecular formula is C21H29N3O4. The van der Waals surface area contributed by atoms with Gasteiger partial charge in [0.25, 0.3) is 5.91 Å². The number of carbonyl (C=O) groups excluding carboxylic acids is 3. The second kappa shape index (κ2) is 9.68. The fraction of sp³-hybridized carbons (Fsp3) is 0.571. The molecule has 0 radical (unpaired) electrons. The van der Waals surface area contributed by atoms with Crippen molar-refractivity contribution >= 4 is 17.6 Å². The average Bonchev–Trinajstić information content (AvgIpc) is 2.73. The Balaban J connectivity index is 1.38. The first kappa shape index (κ1) is 20.3. The van der Waals surface area contributed by atoms with Gasteiger partial charge in [0.05, 0.1) is 6.54 Å². The van der Waals surface area contributed by atoms with Crippen molar-refractivity contribution in [3.63, 3.8) is 0 Å². The van der Waals surface area contributed by atoms with Gasteiger partial charge in [-0.05, 0) is 50.5 Å². The van der Waals surface area contributed by atoms with Crippen LogP contribution in [0.5, 0.6) is 5.75 Å². The molecule has 2 saturated heterocycles. The van der Waals surface area contributed by atoms with Gasteiger partial charge in [-0.25, -0.2) is 0 Å². The van der Waals surface area contributed by atoms with E-state index in [1.165, 1.54) is 13.3 Å². The summed E-state index contributed by atoms with van der Waals surface area (Å²) in [6, 6.07) is 6.79. The molecule has 0 aliphatic carbocycles. The molecular weight excluding hydrogens is 358 g/mol. The number of benzene rings is 1. The van der Waals surface area contributed by atoms with Gasteiger partial charge in [0.2, 0.25) is 5.91 Å². The highest BCUT2D eigenvalue weighted by Crippen LogP contribution is 2.13. The third-order valence-corrected chi connectivity index (χ3v) is 5.42. The highest BCUT2D eigenvalue weighted by molar-refractivity contribution is 5.94. The molecule has 2 amide bonds. The molecule has 2 heterocycles. The van der Waals surface area contributed by atoms with Crippen molar-refractivity contribution in [1.29, 1.82) is 0 Å². The maximum atomic E-state index is 12.4. The van der Waals surface area contributed by atoms with E-state index in [1.54, 1.807) is 29.2 Å². The number of ether oxygens (including phenoxy) is 1. The first-order valence-electron chi connectivity index (χ1n) is 10.0. The first-order valence-corrected chi connectivity index (χ1v) is 10.0. The maximum Gasteiger partial charge on any atom is 0.260 e. The zero-order chi connectivity index (χ0) is 19.9. The molecule has 2 fully saturated rings. The quantitative estimate of drug-likeness (QED) is 0.691. The minimum atomic E-state index is -0.0577. The fourth-order valence-corrected chi connectivity index (χ4v) is 3.61. The summed E-state index contributed by atoms with van der Waals surface area (Å²) >= 11 is 0. The van der Waals surface area contributed by atoms with Crippen LogP contribution in [0, 0.1) is 0 Å². The van der Waals surface area contributed by atoms with Crippen LogP contribution in [0.3, 0.4) is 0 Å². The zero-order valence-corrected chi connectivity index (χ0v) is 16.6. The van der Waals surface area contributed by atoms with Crippen LogP contribution in [0.1, 0.15) is 36.5 Å². The Morgan fingerprint density at radius 1 is 0.821 bits per heavy atom. The topological polar surface area (TPSA) is 70.2 Å². The van der Waals surface area contributed by atoms with Crippen LogP contribution in [0.15, 0.2) is 24.3 Å². The number of rotatable bonds is 6. The number of amides is 2. The van der Waals surface area contributed by atoms with E-state index < -0.39 is 0 Å². The molecule has 7 nitrogen and oxygen atoms in total. The summed E-state index contributed by atoms with van der Waals surface area (Å²) in [6.45, 7) is 6.32. The summed E-state index contributed by atoms with van der Waals surface area (Å²) in [7, 11) is 0. The lowest BCUT2D eigenvalue weighted by Gasteiger charge is -2.36. The van der Waals surface area contributed by atoms with Crippen LogP contribution in [0.25, 0.3) is 0 Å². The average molecular weight is 387 g/mol. The predicted octanol–water partition coefficient (Wildman–Crippen LogP) is 1.42. The summed E-state index contributed by atoms with van der Waals surface area (Å²) in [5, 5.41) is 0. The number of nitrogens with zero attached hydrogens (tertiary/aromatic N) is 3. The SMILES string of the molecule is CC(=O)c1ccc(OCC(=O)N2CCN(CC(=O)N3CCCCC3)CC2)cc1. The second-order valence-electron chi connectivity index (χ2n) is 7.47. The van der Waals surface area contributed by atoms with Crippen molar-refractivity contribution < 1.29 is 19.1 Å². The minimum absolute atomic E-state index is 0.000680. The number of hydrogen-bond donors (Lipinski definition) is 0. The molecule has 152 valence electrons. The van der Waals surface area contributed by atoms with Crippen LogP contribution in [-0.2, 0) is 9.59 Å². The van der Waals surface area contributed by atoms with Gasteiger partial charge in [0.15, 0.2) is 12.4 Å². The summed E-state index contributed by atoms with van der Waals surface area (Å²) in [6.07, 6.45) is 3.42. The van der Waals surface area contributed by atoms with Crippen molar-refractivity contribution in [2.45, 2.75) is 26.2 Å². The Bertz CT molecular complexity index is 690. The summed E-state index contributed by atoms with van der Waals surface area (Å²) in [5.41, 5.74) is 0.619. The Hall–Kier alpha value is -2.41. The van der Waals surface area contributed by atoms with E-state index in [9.17, 15) is 14.4 Å². The molecule has 0 unspecified atom stereocenters. The fourth-order valence-electron chi connectivity index (χ4n) is 3.61. The van der Waals surface area contributed by atoms with Crippen LogP contribution in [0.2, 0.25) is 0 Å². The number of piperazine rings is 1. The molecule has 28 heavy (non-hydrogen) atoms. The molecule has 0 aromatic heterocycles. The lowest BCUT2D eigenvalue weighted by atomic mass is 10.1. The standard InChI is InChI=1S/C21H29N3O4/c1-17(25)18-5-7-19(8-6-18)28-16-21(27)24-13-11-22(12-14-24)15-20(26)23-9-3-2-4-10-23/h5-8H,2-4,9-16H2,1H3. The Kier molecular flexibility index (Phi) is 7.03. The van der Waals surface area contributed by atoms with Crippen molar-refractivity contribution in [1.82, 2.24) is 14.7 Å². The Morgan fingerprint density at radius 2 is 1.43 bits per heavy atom. The van der Waals surface area contributed by atoms with Gasteiger partial charge in [-0.2, -0.15) is 0 Å². The molecule has 1 aromatic rings. The van der Waals surface area contributed by atoms with Gasteiger partial charge >= 0.3 is 0 Å². The number of hydrogen-bond acceptors (Lipinski definition) is 5. The van der Waals surface area contributed by atoms with Crippen molar-refractivity contribution in [2.24, 2.45) is 0 Å². The van der Waals surface area contributed by atoms with Crippen LogP contribution < -0.4 is 4.74 Å². The van der Waals surface area contributed by atoms with E-state index in [-0.39, 0.29) is 24.2 Å². The first-order chi connectivity index (χ1) is 13.5. The lowest BCUT2D eigenvalue weighted by molar-refractivity contribution is -0.136. The number of carbonyl (C=O) groups is 3. The van der Waals surface area contributed by atoms with Crippen LogP contribution in [0.4, 0.5) is 0 Å². The van der Waals surface area contributed by atoms with Gasteiger partial charge in [-0.1, -0.05) is 0 Å². The highest BCUT2D eigenvalue weighted by Gasteiger charge is 2.25. The van der Waals surface area contributed by atoms with Gasteiger partial charge in [0, 0.05) is 44.8 Å². The molecule has 0 saturated carbocycles. The van der Waals surface area contributed by atoms with E-state index in [4.69, 9.17) is 4.74 Å². The molecule has 0 atom stereocenters. The van der Waals surface area contributed by atoms with Crippen molar-refractivity contribution in [3.05, 3.63) is 29.8 Å². The summed E-state index contributed by atoms with van der Waals surface area (Å²) in [4.78, 5) is 41.9. The van der Waals surface area contributed by atoms with E-state index in [0.29, 0.717) is 44.0 Å². The smallest absolute Gasteiger partial charge is 0.260 e. The Labute approximate surface area is 166 Å². The van der Waals surface area contributed by atoms with Crippen molar-refractivity contribution in [3.8, 4) is 5.75 Å². The van der Waals surface area contributed by atoms with E-state index in [2.05, 4.69) is 4.90 Å². The molecule has 3 rings (SSSR count). The number of ketones is 1. The van der Waals surface area contributed by atoms with Gasteiger partial charge in [-0.3, -0.25) is 19.3 Å². The van der Waals surface area contributed by atoms with Gasteiger partial charge in [-0.15, -0.1) is 0 Å². The summed E-state index contributed by atoms with van der Waals surface area (Å²) < 4.78 is 5.55. The summed E-state index contributed by atoms with van der Waals surface area (Å²) in [5.74, 6) is 0.720. The van der Waals surface area contributed by atoms with Crippen LogP contribution >= 0.6 is 0 Å². The van der Waals surface area contributed by atoms with E-state index in [1.807, 2.05) is 4.90 Å². The third kappa shape index (κ3) is 5.55. The monoisotopic (exact) mass is 387 g/mol. The highest BCUT2D eigenvalue weighted by atomic mass is 16.5. The van der Waals surface area contributed by atoms with Gasteiger partial charge in [0.1, 0.15) is 5.75 Å². The number of piperidine rings is 1. The van der Waals surface area contributed by atoms with E-state index in [0.717, 1.165) is 25.9 Å². The predicted molar refractivity (Wildman–Crippen MR) is 105 cm³/mol. The van der Waals surface area contributed by atoms with E-state index >= 15 is 0 Å². The number of likely N-dealkylation sites (tertiary alicyclic amines) is 1. The molecule has 2 aliphatic heterocycles. The number of Topliss-reactive ketones (excluding diaryl/α,β-unsaturated/α-hetero) is 1. The molecule has 1 aromatic carbocycles. The molecule has 7 heteroatoms. The third-order valence-electron chi connectivity index (χ3n) is 5.42. The lowest BCUT2D eigenvalue weighted by Crippen LogP contribution is -2.52. The minimum Gasteiger partial charge on any atom is -0.484 e. The second-order valence-corrected chi connectivity index (χ2v) is 7.47. The molecule has 0 bridgehead atoms. The van der Waals surface area contributed by atoms with Gasteiger partial charge < -0.3 is 14.5 Å². The largest absolute Gasteiger partial charge is 0.484 e. The van der Waals surface area contributed by atoms with Crippen molar-refractivity contribution in [2.75, 3.05) is 52.4 Å². The zero-order valence-electron chi connectivity index (χ0n) is 16.6. The molecule has 0 N–H and O–H groups in total. The normalized spacial score (nSPS) is 18.0. The maximum absolute atomic E-state index is 12.4.